The van der Waals surface area contributed by atoms with Crippen LogP contribution < -0.4 is 10.6 Å². The highest BCUT2D eigenvalue weighted by molar-refractivity contribution is 5.98. The summed E-state index contributed by atoms with van der Waals surface area (Å²) in [5, 5.41) is 12.0. The molecular formula is C30H29Cl2N7O. The van der Waals surface area contributed by atoms with Gasteiger partial charge in [0.1, 0.15) is 11.8 Å². The van der Waals surface area contributed by atoms with E-state index in [4.69, 9.17) is 0 Å². The van der Waals surface area contributed by atoms with Crippen molar-refractivity contribution in [1.82, 2.24) is 23.7 Å². The van der Waals surface area contributed by atoms with E-state index >= 15 is 0 Å². The van der Waals surface area contributed by atoms with E-state index in [0.717, 1.165) is 58.3 Å². The number of halogens is 2. The minimum Gasteiger partial charge on any atom is -0.373 e. The first-order valence-corrected chi connectivity index (χ1v) is 12.6. The molecule has 6 aromatic rings. The number of H-pyrrole nitrogens is 1. The van der Waals surface area contributed by atoms with E-state index in [9.17, 15) is 10.1 Å². The van der Waals surface area contributed by atoms with Crippen molar-refractivity contribution >= 4 is 52.3 Å². The van der Waals surface area contributed by atoms with Crippen molar-refractivity contribution in [2.75, 3.05) is 18.5 Å². The van der Waals surface area contributed by atoms with Gasteiger partial charge in [-0.3, -0.25) is 14.5 Å². The summed E-state index contributed by atoms with van der Waals surface area (Å²) < 4.78 is 5.86. The lowest BCUT2D eigenvalue weighted by molar-refractivity contribution is 0.656. The maximum Gasteiger partial charge on any atom is 0.331 e. The Bertz CT molecular complexity index is 1880. The molecule has 0 fully saturated rings. The van der Waals surface area contributed by atoms with Gasteiger partial charge in [0.05, 0.1) is 23.3 Å². The van der Waals surface area contributed by atoms with E-state index in [1.165, 1.54) is 0 Å². The van der Waals surface area contributed by atoms with Crippen molar-refractivity contribution in [3.63, 3.8) is 0 Å². The Kier molecular flexibility index (Phi) is 8.38. The van der Waals surface area contributed by atoms with Crippen molar-refractivity contribution in [3.8, 4) is 23.0 Å². The van der Waals surface area contributed by atoms with Gasteiger partial charge < -0.3 is 14.0 Å². The molecule has 1 N–H and O–H groups in total. The third-order valence-corrected chi connectivity index (χ3v) is 7.15. The number of para-hydroxylation sites is 2. The quantitative estimate of drug-likeness (QED) is 0.257. The lowest BCUT2D eigenvalue weighted by Gasteiger charge is -2.18. The highest BCUT2D eigenvalue weighted by Gasteiger charge is 2.23. The average molecular weight is 575 g/mol. The van der Waals surface area contributed by atoms with Crippen molar-refractivity contribution < 1.29 is 0 Å². The topological polar surface area (TPSA) is 87.6 Å². The smallest absolute Gasteiger partial charge is 0.331 e. The van der Waals surface area contributed by atoms with Crippen LogP contribution in [0.4, 0.5) is 5.69 Å². The largest absolute Gasteiger partial charge is 0.373 e. The number of benzene rings is 2. The molecule has 204 valence electrons. The Morgan fingerprint density at radius 1 is 0.975 bits per heavy atom. The van der Waals surface area contributed by atoms with E-state index in [-0.39, 0.29) is 36.2 Å². The van der Waals surface area contributed by atoms with Crippen LogP contribution in [-0.4, -0.2) is 37.3 Å². The lowest BCUT2D eigenvalue weighted by atomic mass is 10.1. The Balaban J connectivity index is 0.00000185. The molecule has 10 heteroatoms. The van der Waals surface area contributed by atoms with Crippen molar-refractivity contribution in [1.29, 1.82) is 5.26 Å². The highest BCUT2D eigenvalue weighted by Crippen LogP contribution is 2.35. The fourth-order valence-corrected chi connectivity index (χ4v) is 5.31. The molecule has 4 heterocycles. The molecule has 0 aliphatic carbocycles. The average Bonchev–Trinajstić information content (AvgIpc) is 3.59. The number of aryl methyl sites for hydroxylation is 2. The Hall–Kier alpha value is -4.45. The zero-order chi connectivity index (χ0) is 26.2. The number of hydrogen-bond donors (Lipinski definition) is 1. The van der Waals surface area contributed by atoms with Gasteiger partial charge in [-0.2, -0.15) is 5.26 Å². The van der Waals surface area contributed by atoms with Gasteiger partial charge >= 0.3 is 5.69 Å². The van der Waals surface area contributed by atoms with E-state index < -0.39 is 0 Å². The summed E-state index contributed by atoms with van der Waals surface area (Å²) in [6.07, 6.45) is 8.57. The second kappa shape index (κ2) is 11.7. The zero-order valence-electron chi connectivity index (χ0n) is 22.1. The molecule has 0 aliphatic heterocycles. The number of nitrogens with one attached hydrogen (secondary N) is 1. The third-order valence-electron chi connectivity index (χ3n) is 7.15. The summed E-state index contributed by atoms with van der Waals surface area (Å²) in [4.78, 5) is 22.5. The highest BCUT2D eigenvalue weighted by atomic mass is 35.5. The van der Waals surface area contributed by atoms with Crippen LogP contribution in [0.3, 0.4) is 0 Å². The second-order valence-corrected chi connectivity index (χ2v) is 9.48. The van der Waals surface area contributed by atoms with Gasteiger partial charge in [0.15, 0.2) is 0 Å². The SMILES string of the molecule is CN(CCCn1cc(-c2c(C#N)[nH]c(=O)n2-c2cn(C)c3ccccc23)c2ccccc21)c1cccnc1.Cl.Cl. The van der Waals surface area contributed by atoms with E-state index in [1.54, 1.807) is 10.8 Å². The van der Waals surface area contributed by atoms with Crippen LogP contribution in [-0.2, 0) is 13.6 Å². The van der Waals surface area contributed by atoms with Crippen LogP contribution in [0.5, 0.6) is 0 Å². The normalized spacial score (nSPS) is 10.7. The first-order chi connectivity index (χ1) is 18.6. The predicted octanol–water partition coefficient (Wildman–Crippen LogP) is 5.92. The molecule has 0 atom stereocenters. The minimum atomic E-state index is -0.331. The number of nitrogens with zero attached hydrogens (tertiary/aromatic N) is 6. The standard InChI is InChI=1S/C30H27N7O.2ClH/c1-34(21-9-7-14-32-18-21)15-8-16-36-19-24(22-10-3-6-13-27(22)36)29-25(17-31)33-30(38)37(29)28-20-35(2)26-12-5-4-11-23(26)28;;/h3-7,9-14,18-20H,8,15-16H2,1-2H3,(H,33,38);2*1H. The number of aromatic amines is 1. The number of hydrogen-bond acceptors (Lipinski definition) is 4. The molecule has 0 saturated heterocycles. The van der Waals surface area contributed by atoms with Gasteiger partial charge in [0.25, 0.3) is 0 Å². The molecule has 2 aromatic carbocycles. The lowest BCUT2D eigenvalue weighted by Crippen LogP contribution is -2.19. The van der Waals surface area contributed by atoms with Gasteiger partial charge in [-0.05, 0) is 30.7 Å². The second-order valence-electron chi connectivity index (χ2n) is 9.48. The minimum absolute atomic E-state index is 0. The summed E-state index contributed by atoms with van der Waals surface area (Å²) in [6, 6.07) is 22.3. The molecule has 0 radical (unpaired) electrons. The molecule has 4 aromatic heterocycles. The first kappa shape index (κ1) is 28.6. The fraction of sp³-hybridized carbons (Fsp3) is 0.167. The van der Waals surface area contributed by atoms with Crippen LogP contribution >= 0.6 is 24.8 Å². The first-order valence-electron chi connectivity index (χ1n) is 12.6. The van der Waals surface area contributed by atoms with Gasteiger partial charge in [0, 0.05) is 73.1 Å². The number of rotatable bonds is 7. The summed E-state index contributed by atoms with van der Waals surface area (Å²) in [6.45, 7) is 1.65. The van der Waals surface area contributed by atoms with Crippen LogP contribution in [0, 0.1) is 11.3 Å². The predicted molar refractivity (Wildman–Crippen MR) is 165 cm³/mol. The molecule has 6 rings (SSSR count). The summed E-state index contributed by atoms with van der Waals surface area (Å²) in [5.74, 6) is 0. The summed E-state index contributed by atoms with van der Waals surface area (Å²) in [7, 11) is 4.03. The number of imidazole rings is 1. The molecule has 0 saturated carbocycles. The number of pyridine rings is 1. The molecule has 0 unspecified atom stereocenters. The van der Waals surface area contributed by atoms with E-state index in [0.29, 0.717) is 5.69 Å². The van der Waals surface area contributed by atoms with Crippen LogP contribution in [0.15, 0.2) is 90.2 Å². The Morgan fingerprint density at radius 2 is 1.70 bits per heavy atom. The third kappa shape index (κ3) is 4.86. The van der Waals surface area contributed by atoms with E-state index in [2.05, 4.69) is 56.9 Å². The van der Waals surface area contributed by atoms with Crippen LogP contribution in [0.1, 0.15) is 12.1 Å². The number of nitriles is 1. The van der Waals surface area contributed by atoms with Crippen molar-refractivity contribution in [3.05, 3.63) is 102 Å². The Morgan fingerprint density at radius 3 is 2.42 bits per heavy atom. The number of anilines is 1. The molecule has 0 spiro atoms. The van der Waals surface area contributed by atoms with Crippen LogP contribution in [0.2, 0.25) is 0 Å². The summed E-state index contributed by atoms with van der Waals surface area (Å²) >= 11 is 0. The number of aromatic nitrogens is 5. The molecule has 40 heavy (non-hydrogen) atoms. The zero-order valence-corrected chi connectivity index (χ0v) is 23.7. The van der Waals surface area contributed by atoms with Crippen LogP contribution in [0.25, 0.3) is 38.8 Å². The molecular weight excluding hydrogens is 545 g/mol. The number of fused-ring (bicyclic) bond motifs is 2. The van der Waals surface area contributed by atoms with Crippen molar-refractivity contribution in [2.45, 2.75) is 13.0 Å². The molecule has 8 nitrogen and oxygen atoms in total. The van der Waals surface area contributed by atoms with Crippen molar-refractivity contribution in [2.24, 2.45) is 7.05 Å². The van der Waals surface area contributed by atoms with Gasteiger partial charge in [0.2, 0.25) is 0 Å². The van der Waals surface area contributed by atoms with Gasteiger partial charge in [-0.1, -0.05) is 36.4 Å². The van der Waals surface area contributed by atoms with Gasteiger partial charge in [-0.15, -0.1) is 24.8 Å². The summed E-state index contributed by atoms with van der Waals surface area (Å²) in [5.41, 5.74) is 5.26. The fourth-order valence-electron chi connectivity index (χ4n) is 5.31. The maximum absolute atomic E-state index is 13.3. The molecule has 0 amide bonds. The Labute approximate surface area is 243 Å². The maximum atomic E-state index is 13.3. The monoisotopic (exact) mass is 573 g/mol. The molecule has 0 bridgehead atoms. The molecule has 0 aliphatic rings. The van der Waals surface area contributed by atoms with Gasteiger partial charge in [-0.25, -0.2) is 4.79 Å². The van der Waals surface area contributed by atoms with E-state index in [1.807, 2.05) is 66.5 Å².